The molecule has 0 heterocycles. The number of alkyl halides is 1. The zero-order valence-electron chi connectivity index (χ0n) is 5.37. The first kappa shape index (κ1) is 9.11. The summed E-state index contributed by atoms with van der Waals surface area (Å²) in [5, 5.41) is 0.131. The van der Waals surface area contributed by atoms with E-state index in [1.54, 1.807) is 0 Å². The zero-order chi connectivity index (χ0) is 8.43. The minimum absolute atomic E-state index is 0.0650. The molecule has 0 aromatic heterocycles. The SMILES string of the molecule is Fc1ccc(CCl)c(Cl)c1Cl. The third-order valence-electron chi connectivity index (χ3n) is 1.26. The molecule has 0 spiro atoms. The van der Waals surface area contributed by atoms with E-state index in [2.05, 4.69) is 0 Å². The van der Waals surface area contributed by atoms with Gasteiger partial charge in [-0.15, -0.1) is 11.6 Å². The first-order valence-electron chi connectivity index (χ1n) is 2.85. The van der Waals surface area contributed by atoms with E-state index in [4.69, 9.17) is 34.8 Å². The summed E-state index contributed by atoms with van der Waals surface area (Å²) in [5.74, 6) is -0.288. The molecule has 0 unspecified atom stereocenters. The Labute approximate surface area is 78.9 Å². The summed E-state index contributed by atoms with van der Waals surface area (Å²) in [7, 11) is 0. The van der Waals surface area contributed by atoms with Crippen LogP contribution >= 0.6 is 34.8 Å². The molecule has 0 aliphatic rings. The van der Waals surface area contributed by atoms with E-state index < -0.39 is 5.82 Å². The molecule has 1 aromatic carbocycles. The Balaban J connectivity index is 3.25. The van der Waals surface area contributed by atoms with Crippen LogP contribution in [0.3, 0.4) is 0 Å². The number of halogens is 4. The van der Waals surface area contributed by atoms with Crippen molar-refractivity contribution in [1.82, 2.24) is 0 Å². The van der Waals surface area contributed by atoms with E-state index in [1.807, 2.05) is 0 Å². The van der Waals surface area contributed by atoms with E-state index >= 15 is 0 Å². The summed E-state index contributed by atoms with van der Waals surface area (Å²) >= 11 is 16.6. The summed E-state index contributed by atoms with van der Waals surface area (Å²) in [6, 6.07) is 2.75. The van der Waals surface area contributed by atoms with Crippen LogP contribution in [0.5, 0.6) is 0 Å². The van der Waals surface area contributed by atoms with Crippen LogP contribution in [0.2, 0.25) is 10.0 Å². The maximum atomic E-state index is 12.6. The van der Waals surface area contributed by atoms with E-state index in [0.717, 1.165) is 0 Å². The first-order chi connectivity index (χ1) is 5.16. The lowest BCUT2D eigenvalue weighted by molar-refractivity contribution is 0.628. The lowest BCUT2D eigenvalue weighted by Gasteiger charge is -2.01. The van der Waals surface area contributed by atoms with Crippen molar-refractivity contribution >= 4 is 34.8 Å². The fourth-order valence-corrected chi connectivity index (χ4v) is 1.36. The van der Waals surface area contributed by atoms with Crippen LogP contribution in [0, 0.1) is 5.82 Å². The molecule has 4 heteroatoms. The molecule has 0 bridgehead atoms. The highest BCUT2D eigenvalue weighted by Crippen LogP contribution is 2.29. The van der Waals surface area contributed by atoms with Crippen molar-refractivity contribution in [2.24, 2.45) is 0 Å². The topological polar surface area (TPSA) is 0 Å². The molecule has 0 aliphatic carbocycles. The van der Waals surface area contributed by atoms with Gasteiger partial charge < -0.3 is 0 Å². The van der Waals surface area contributed by atoms with Crippen molar-refractivity contribution in [3.63, 3.8) is 0 Å². The summed E-state index contributed by atoms with van der Waals surface area (Å²) in [5.41, 5.74) is 0.639. The predicted molar refractivity (Wildman–Crippen MR) is 46.0 cm³/mol. The van der Waals surface area contributed by atoms with Gasteiger partial charge in [-0.25, -0.2) is 4.39 Å². The maximum absolute atomic E-state index is 12.6. The molecule has 60 valence electrons. The van der Waals surface area contributed by atoms with Gasteiger partial charge in [-0.2, -0.15) is 0 Å². The van der Waals surface area contributed by atoms with Gasteiger partial charge in [-0.05, 0) is 11.6 Å². The maximum Gasteiger partial charge on any atom is 0.143 e. The second kappa shape index (κ2) is 3.61. The van der Waals surface area contributed by atoms with Crippen LogP contribution in [0.25, 0.3) is 0 Å². The smallest absolute Gasteiger partial charge is 0.143 e. The predicted octanol–water partition coefficient (Wildman–Crippen LogP) is 3.87. The van der Waals surface area contributed by atoms with Crippen LogP contribution < -0.4 is 0 Å². The van der Waals surface area contributed by atoms with Crippen LogP contribution in [-0.2, 0) is 5.88 Å². The number of rotatable bonds is 1. The van der Waals surface area contributed by atoms with Crippen molar-refractivity contribution in [3.8, 4) is 0 Å². The minimum Gasteiger partial charge on any atom is -0.205 e. The average molecular weight is 213 g/mol. The van der Waals surface area contributed by atoms with Crippen LogP contribution in [0.15, 0.2) is 12.1 Å². The van der Waals surface area contributed by atoms with Gasteiger partial charge in [-0.3, -0.25) is 0 Å². The van der Waals surface area contributed by atoms with Crippen LogP contribution in [0.4, 0.5) is 4.39 Å². The Morgan fingerprint density at radius 2 is 1.82 bits per heavy atom. The van der Waals surface area contributed by atoms with Crippen molar-refractivity contribution < 1.29 is 4.39 Å². The Morgan fingerprint density at radius 1 is 1.18 bits per heavy atom. The summed E-state index contributed by atoms with van der Waals surface area (Å²) in [6.45, 7) is 0. The van der Waals surface area contributed by atoms with E-state index in [9.17, 15) is 4.39 Å². The Hall–Kier alpha value is 0.0200. The number of hydrogen-bond acceptors (Lipinski definition) is 0. The summed E-state index contributed by atoms with van der Waals surface area (Å²) < 4.78 is 12.6. The van der Waals surface area contributed by atoms with Gasteiger partial charge in [0, 0.05) is 5.88 Å². The van der Waals surface area contributed by atoms with Crippen molar-refractivity contribution in [2.75, 3.05) is 0 Å². The Kier molecular flexibility index (Phi) is 2.99. The first-order valence-corrected chi connectivity index (χ1v) is 4.14. The van der Waals surface area contributed by atoms with Crippen molar-refractivity contribution in [1.29, 1.82) is 0 Å². The summed E-state index contributed by atoms with van der Waals surface area (Å²) in [6.07, 6.45) is 0. The Bertz CT molecular complexity index is 273. The third kappa shape index (κ3) is 1.78. The second-order valence-corrected chi connectivity index (χ2v) is 2.99. The molecule has 1 aromatic rings. The van der Waals surface area contributed by atoms with Gasteiger partial charge in [0.25, 0.3) is 0 Å². The highest BCUT2D eigenvalue weighted by atomic mass is 35.5. The molecule has 0 nitrogen and oxygen atoms in total. The van der Waals surface area contributed by atoms with Gasteiger partial charge >= 0.3 is 0 Å². The van der Waals surface area contributed by atoms with Gasteiger partial charge in [0.2, 0.25) is 0 Å². The molecule has 0 amide bonds. The Morgan fingerprint density at radius 3 is 2.36 bits per heavy atom. The van der Waals surface area contributed by atoms with Gasteiger partial charge in [0.15, 0.2) is 0 Å². The van der Waals surface area contributed by atoms with Gasteiger partial charge in [-0.1, -0.05) is 29.3 Å². The molecular formula is C7H4Cl3F. The highest BCUT2D eigenvalue weighted by molar-refractivity contribution is 6.42. The number of hydrogen-bond donors (Lipinski definition) is 0. The molecule has 11 heavy (non-hydrogen) atoms. The molecule has 0 atom stereocenters. The zero-order valence-corrected chi connectivity index (χ0v) is 7.64. The molecule has 0 radical (unpaired) electrons. The molecule has 0 saturated heterocycles. The molecular weight excluding hydrogens is 209 g/mol. The highest BCUT2D eigenvalue weighted by Gasteiger charge is 2.07. The van der Waals surface area contributed by atoms with E-state index in [1.165, 1.54) is 12.1 Å². The molecule has 0 fully saturated rings. The lowest BCUT2D eigenvalue weighted by Crippen LogP contribution is -1.84. The van der Waals surface area contributed by atoms with Gasteiger partial charge in [0.1, 0.15) is 5.82 Å². The molecule has 1 rings (SSSR count). The molecule has 0 saturated carbocycles. The second-order valence-electron chi connectivity index (χ2n) is 1.97. The fourth-order valence-electron chi connectivity index (χ4n) is 0.669. The molecule has 0 N–H and O–H groups in total. The van der Waals surface area contributed by atoms with Crippen LogP contribution in [-0.4, -0.2) is 0 Å². The largest absolute Gasteiger partial charge is 0.205 e. The lowest BCUT2D eigenvalue weighted by atomic mass is 10.2. The van der Waals surface area contributed by atoms with E-state index in [-0.39, 0.29) is 15.9 Å². The van der Waals surface area contributed by atoms with Crippen LogP contribution in [0.1, 0.15) is 5.56 Å². The number of benzene rings is 1. The fraction of sp³-hybridized carbons (Fsp3) is 0.143. The van der Waals surface area contributed by atoms with Crippen molar-refractivity contribution in [3.05, 3.63) is 33.6 Å². The molecule has 0 aliphatic heterocycles. The quantitative estimate of drug-likeness (QED) is 0.491. The normalized spacial score (nSPS) is 10.2. The monoisotopic (exact) mass is 212 g/mol. The standard InChI is InChI=1S/C7H4Cl3F/c8-3-4-1-2-5(11)7(10)6(4)9/h1-2H,3H2. The minimum atomic E-state index is -0.523. The van der Waals surface area contributed by atoms with E-state index in [0.29, 0.717) is 5.56 Å². The van der Waals surface area contributed by atoms with Crippen molar-refractivity contribution in [2.45, 2.75) is 5.88 Å². The third-order valence-corrected chi connectivity index (χ3v) is 2.45. The summed E-state index contributed by atoms with van der Waals surface area (Å²) in [4.78, 5) is 0. The van der Waals surface area contributed by atoms with Gasteiger partial charge in [0.05, 0.1) is 10.0 Å². The average Bonchev–Trinajstić information content (AvgIpc) is 2.01.